The number of aryl methyl sites for hydroxylation is 2. The van der Waals surface area contributed by atoms with Crippen molar-refractivity contribution >= 4 is 27.7 Å². The van der Waals surface area contributed by atoms with Crippen LogP contribution in [0.1, 0.15) is 22.8 Å². The number of sulfonamides is 1. The monoisotopic (exact) mass is 393 g/mol. The maximum Gasteiger partial charge on any atom is 0.265 e. The summed E-state index contributed by atoms with van der Waals surface area (Å²) in [6.45, 7) is 3.73. The Morgan fingerprint density at radius 3 is 2.33 bits per heavy atom. The zero-order chi connectivity index (χ0) is 20.2. The lowest BCUT2D eigenvalue weighted by Gasteiger charge is -2.21. The number of hydrogen-bond donors (Lipinski definition) is 2. The molecule has 0 fully saturated rings. The lowest BCUT2D eigenvalue weighted by atomic mass is 10.2. The van der Waals surface area contributed by atoms with Crippen LogP contribution < -0.4 is 14.9 Å². The van der Waals surface area contributed by atoms with Crippen molar-refractivity contribution < 1.29 is 18.0 Å². The van der Waals surface area contributed by atoms with Gasteiger partial charge >= 0.3 is 0 Å². The molecule has 1 aromatic heterocycles. The topological polar surface area (TPSA) is 113 Å². The normalized spacial score (nSPS) is 11.1. The molecule has 0 aliphatic rings. The molecule has 0 aliphatic carbocycles. The Bertz CT molecular complexity index is 935. The highest BCUT2D eigenvalue weighted by atomic mass is 32.2. The van der Waals surface area contributed by atoms with Gasteiger partial charge in [-0.2, -0.15) is 5.10 Å². The number of benzene rings is 1. The predicted octanol–water partition coefficient (Wildman–Crippen LogP) is 0.420. The first-order chi connectivity index (χ1) is 12.6. The van der Waals surface area contributed by atoms with E-state index in [9.17, 15) is 18.0 Å². The minimum absolute atomic E-state index is 0.119. The van der Waals surface area contributed by atoms with Crippen LogP contribution in [0.5, 0.6) is 0 Å². The highest BCUT2D eigenvalue weighted by Crippen LogP contribution is 2.25. The molecule has 0 saturated heterocycles. The van der Waals surface area contributed by atoms with Crippen LogP contribution in [-0.2, 0) is 21.9 Å². The fourth-order valence-electron chi connectivity index (χ4n) is 2.46. The van der Waals surface area contributed by atoms with E-state index in [-0.39, 0.29) is 35.3 Å². The lowest BCUT2D eigenvalue weighted by Crippen LogP contribution is -2.35. The van der Waals surface area contributed by atoms with Crippen LogP contribution in [0.15, 0.2) is 35.4 Å². The van der Waals surface area contributed by atoms with Crippen molar-refractivity contribution in [3.8, 4) is 0 Å². The maximum absolute atomic E-state index is 12.9. The van der Waals surface area contributed by atoms with Gasteiger partial charge in [-0.3, -0.25) is 18.6 Å². The third kappa shape index (κ3) is 4.64. The molecule has 9 nitrogen and oxygen atoms in total. The van der Waals surface area contributed by atoms with E-state index in [2.05, 4.69) is 15.7 Å². The summed E-state index contributed by atoms with van der Waals surface area (Å²) in [5.41, 5.74) is 1.06. The highest BCUT2D eigenvalue weighted by molar-refractivity contribution is 7.92. The van der Waals surface area contributed by atoms with E-state index in [1.54, 1.807) is 19.2 Å². The summed E-state index contributed by atoms with van der Waals surface area (Å²) in [5, 5.41) is 9.21. The van der Waals surface area contributed by atoms with E-state index in [0.717, 1.165) is 9.87 Å². The molecule has 0 bridgehead atoms. The maximum atomic E-state index is 12.9. The minimum atomic E-state index is -3.86. The molecule has 1 heterocycles. The first-order valence-electron chi connectivity index (χ1n) is 8.25. The number of nitrogens with one attached hydrogen (secondary N) is 2. The molecule has 2 rings (SSSR count). The van der Waals surface area contributed by atoms with Gasteiger partial charge in [-0.25, -0.2) is 8.42 Å². The average Bonchev–Trinajstić information content (AvgIpc) is 2.99. The second-order valence-electron chi connectivity index (χ2n) is 6.03. The third-order valence-corrected chi connectivity index (χ3v) is 5.68. The minimum Gasteiger partial charge on any atom is -0.355 e. The Morgan fingerprint density at radius 1 is 1.15 bits per heavy atom. The largest absolute Gasteiger partial charge is 0.355 e. The van der Waals surface area contributed by atoms with Crippen LogP contribution >= 0.6 is 0 Å². The SMILES string of the molecule is CC(=O)NCCNC(=O)c1cnn(C)c1N(C)S(=O)(=O)c1ccc(C)cc1. The van der Waals surface area contributed by atoms with Crippen LogP contribution in [0.4, 0.5) is 5.82 Å². The van der Waals surface area contributed by atoms with Gasteiger partial charge in [-0.1, -0.05) is 17.7 Å². The van der Waals surface area contributed by atoms with E-state index < -0.39 is 15.9 Å². The Kier molecular flexibility index (Phi) is 6.21. The standard InChI is InChI=1S/C17H23N5O4S/c1-12-5-7-14(8-6-12)27(25,26)22(4)17-15(11-20-21(17)3)16(24)19-10-9-18-13(2)23/h5-8,11H,9-10H2,1-4H3,(H,18,23)(H,19,24). The molecular formula is C17H23N5O4S. The molecule has 0 unspecified atom stereocenters. The predicted molar refractivity (Wildman–Crippen MR) is 101 cm³/mol. The number of aromatic nitrogens is 2. The Hall–Kier alpha value is -2.88. The fraction of sp³-hybridized carbons (Fsp3) is 0.353. The van der Waals surface area contributed by atoms with Crippen LogP contribution in [0.25, 0.3) is 0 Å². The van der Waals surface area contributed by atoms with Crippen molar-refractivity contribution in [2.24, 2.45) is 7.05 Å². The van der Waals surface area contributed by atoms with Crippen LogP contribution in [0.2, 0.25) is 0 Å². The van der Waals surface area contributed by atoms with Gasteiger partial charge in [0.15, 0.2) is 5.82 Å². The molecule has 2 N–H and O–H groups in total. The number of anilines is 1. The zero-order valence-electron chi connectivity index (χ0n) is 15.7. The van der Waals surface area contributed by atoms with E-state index in [0.29, 0.717) is 0 Å². The number of rotatable bonds is 7. The van der Waals surface area contributed by atoms with Gasteiger partial charge in [-0.15, -0.1) is 0 Å². The van der Waals surface area contributed by atoms with Crippen LogP contribution in [0.3, 0.4) is 0 Å². The quantitative estimate of drug-likeness (QED) is 0.662. The van der Waals surface area contributed by atoms with Crippen LogP contribution in [0, 0.1) is 6.92 Å². The molecular weight excluding hydrogens is 370 g/mol. The Morgan fingerprint density at radius 2 is 1.74 bits per heavy atom. The van der Waals surface area contributed by atoms with Crippen molar-refractivity contribution in [2.75, 3.05) is 24.4 Å². The molecule has 0 saturated carbocycles. The molecule has 0 atom stereocenters. The second-order valence-corrected chi connectivity index (χ2v) is 8.00. The summed E-state index contributed by atoms with van der Waals surface area (Å²) in [6, 6.07) is 6.45. The van der Waals surface area contributed by atoms with Crippen molar-refractivity contribution in [1.29, 1.82) is 0 Å². The molecule has 27 heavy (non-hydrogen) atoms. The van der Waals surface area contributed by atoms with E-state index in [4.69, 9.17) is 0 Å². The summed E-state index contributed by atoms with van der Waals surface area (Å²) in [7, 11) is -0.923. The average molecular weight is 393 g/mol. The summed E-state index contributed by atoms with van der Waals surface area (Å²) < 4.78 is 28.2. The van der Waals surface area contributed by atoms with Gasteiger partial charge in [0.2, 0.25) is 5.91 Å². The summed E-state index contributed by atoms with van der Waals surface area (Å²) >= 11 is 0. The molecule has 2 amide bonds. The molecule has 2 aromatic rings. The smallest absolute Gasteiger partial charge is 0.265 e. The van der Waals surface area contributed by atoms with E-state index in [1.807, 2.05) is 6.92 Å². The molecule has 1 aromatic carbocycles. The Labute approximate surface area is 158 Å². The number of hydrogen-bond acceptors (Lipinski definition) is 5. The summed E-state index contributed by atoms with van der Waals surface area (Å²) in [6.07, 6.45) is 1.31. The summed E-state index contributed by atoms with van der Waals surface area (Å²) in [4.78, 5) is 23.4. The van der Waals surface area contributed by atoms with Gasteiger partial charge in [-0.05, 0) is 19.1 Å². The lowest BCUT2D eigenvalue weighted by molar-refractivity contribution is -0.118. The fourth-order valence-corrected chi connectivity index (χ4v) is 3.70. The van der Waals surface area contributed by atoms with Gasteiger partial charge < -0.3 is 10.6 Å². The first kappa shape index (κ1) is 20.4. The van der Waals surface area contributed by atoms with E-state index in [1.165, 1.54) is 37.0 Å². The number of amides is 2. The van der Waals surface area contributed by atoms with Gasteiger partial charge in [0.05, 0.1) is 11.1 Å². The number of nitrogens with zero attached hydrogens (tertiary/aromatic N) is 3. The van der Waals surface area contributed by atoms with Crippen molar-refractivity contribution in [3.63, 3.8) is 0 Å². The second kappa shape index (κ2) is 8.21. The summed E-state index contributed by atoms with van der Waals surface area (Å²) in [5.74, 6) is -0.530. The van der Waals surface area contributed by atoms with Crippen LogP contribution in [-0.4, -0.2) is 50.1 Å². The number of carbonyl (C=O) groups excluding carboxylic acids is 2. The Balaban J connectivity index is 2.25. The van der Waals surface area contributed by atoms with Crippen molar-refractivity contribution in [3.05, 3.63) is 41.6 Å². The van der Waals surface area contributed by atoms with Gasteiger partial charge in [0.1, 0.15) is 5.56 Å². The number of carbonyl (C=O) groups is 2. The third-order valence-electron chi connectivity index (χ3n) is 3.91. The van der Waals surface area contributed by atoms with Crippen molar-refractivity contribution in [2.45, 2.75) is 18.7 Å². The highest BCUT2D eigenvalue weighted by Gasteiger charge is 2.28. The molecule has 0 spiro atoms. The van der Waals surface area contributed by atoms with E-state index >= 15 is 0 Å². The molecule has 0 aliphatic heterocycles. The molecule has 10 heteroatoms. The van der Waals surface area contributed by atoms with Crippen molar-refractivity contribution in [1.82, 2.24) is 20.4 Å². The zero-order valence-corrected chi connectivity index (χ0v) is 16.5. The molecule has 0 radical (unpaired) electrons. The first-order valence-corrected chi connectivity index (χ1v) is 9.69. The van der Waals surface area contributed by atoms with Gasteiger partial charge in [0, 0.05) is 34.1 Å². The molecule has 146 valence electrons. The van der Waals surface area contributed by atoms with Gasteiger partial charge in [0.25, 0.3) is 15.9 Å².